The minimum atomic E-state index is -4.30. The monoisotopic (exact) mass is 245 g/mol. The first-order valence-electron chi connectivity index (χ1n) is 5.50. The van der Waals surface area contributed by atoms with Crippen LogP contribution in [0.5, 0.6) is 0 Å². The van der Waals surface area contributed by atoms with E-state index >= 15 is 0 Å². The summed E-state index contributed by atoms with van der Waals surface area (Å²) in [6, 6.07) is 5.29. The summed E-state index contributed by atoms with van der Waals surface area (Å²) < 4.78 is 43.2. The van der Waals surface area contributed by atoms with Gasteiger partial charge in [-0.05, 0) is 24.6 Å². The van der Waals surface area contributed by atoms with Crippen molar-refractivity contribution >= 4 is 0 Å². The van der Waals surface area contributed by atoms with E-state index in [2.05, 4.69) is 5.32 Å². The van der Waals surface area contributed by atoms with E-state index in [-0.39, 0.29) is 12.2 Å². The lowest BCUT2D eigenvalue weighted by molar-refractivity contribution is -0.137. The van der Waals surface area contributed by atoms with Gasteiger partial charge in [0.15, 0.2) is 0 Å². The second-order valence-corrected chi connectivity index (χ2v) is 4.18. The Bertz CT molecular complexity index is 388. The van der Waals surface area contributed by atoms with Crippen LogP contribution < -0.4 is 5.32 Å². The van der Waals surface area contributed by atoms with Crippen molar-refractivity contribution in [3.63, 3.8) is 0 Å². The average molecular weight is 245 g/mol. The number of halogens is 3. The largest absolute Gasteiger partial charge is 0.416 e. The van der Waals surface area contributed by atoms with Gasteiger partial charge in [0.1, 0.15) is 0 Å². The fourth-order valence-electron chi connectivity index (χ4n) is 1.69. The van der Waals surface area contributed by atoms with Gasteiger partial charge in [0, 0.05) is 13.1 Å². The molecule has 94 valence electrons. The Labute approximate surface area is 97.8 Å². The summed E-state index contributed by atoms with van der Waals surface area (Å²) in [5, 5.41) is 3.05. The van der Waals surface area contributed by atoms with E-state index in [9.17, 15) is 13.2 Å². The summed E-state index contributed by atoms with van der Waals surface area (Å²) in [4.78, 5) is 0. The van der Waals surface area contributed by atoms with Crippen molar-refractivity contribution in [3.8, 4) is 0 Å². The molecule has 1 atom stereocenters. The van der Waals surface area contributed by atoms with Crippen molar-refractivity contribution in [1.29, 1.82) is 0 Å². The number of nitrogens with one attached hydrogen (secondary N) is 1. The predicted octanol–water partition coefficient (Wildman–Crippen LogP) is 2.75. The molecule has 0 aliphatic carbocycles. The molecule has 1 aromatic carbocycles. The Hall–Kier alpha value is -1.07. The normalized spacial score (nSPS) is 18.8. The Balaban J connectivity index is 2.09. The van der Waals surface area contributed by atoms with Crippen LogP contribution in [0.1, 0.15) is 24.2 Å². The van der Waals surface area contributed by atoms with Crippen LogP contribution in [0.2, 0.25) is 0 Å². The second kappa shape index (κ2) is 4.66. The van der Waals surface area contributed by atoms with Crippen LogP contribution in [-0.2, 0) is 10.9 Å². The van der Waals surface area contributed by atoms with E-state index in [1.54, 1.807) is 13.0 Å². The van der Waals surface area contributed by atoms with E-state index in [0.29, 0.717) is 5.56 Å². The molecular weight excluding hydrogens is 231 g/mol. The molecule has 1 aliphatic rings. The van der Waals surface area contributed by atoms with Crippen LogP contribution in [0, 0.1) is 0 Å². The minimum absolute atomic E-state index is 0.111. The summed E-state index contributed by atoms with van der Waals surface area (Å²) in [6.45, 7) is 3.31. The predicted molar refractivity (Wildman–Crippen MR) is 57.6 cm³/mol. The van der Waals surface area contributed by atoms with Crippen molar-refractivity contribution in [2.45, 2.75) is 25.3 Å². The fraction of sp³-hybridized carbons (Fsp3) is 0.500. The first kappa shape index (κ1) is 12.4. The first-order valence-corrected chi connectivity index (χ1v) is 5.50. The van der Waals surface area contributed by atoms with Gasteiger partial charge >= 0.3 is 6.18 Å². The molecule has 2 rings (SSSR count). The fourth-order valence-corrected chi connectivity index (χ4v) is 1.69. The van der Waals surface area contributed by atoms with Crippen molar-refractivity contribution in [3.05, 3.63) is 35.4 Å². The number of ether oxygens (including phenoxy) is 1. The van der Waals surface area contributed by atoms with E-state index in [1.165, 1.54) is 6.07 Å². The zero-order valence-corrected chi connectivity index (χ0v) is 9.42. The van der Waals surface area contributed by atoms with Gasteiger partial charge in [-0.25, -0.2) is 0 Å². The van der Waals surface area contributed by atoms with Crippen LogP contribution in [-0.4, -0.2) is 19.2 Å². The molecule has 1 unspecified atom stereocenters. The van der Waals surface area contributed by atoms with Crippen molar-refractivity contribution < 1.29 is 17.9 Å². The summed E-state index contributed by atoms with van der Waals surface area (Å²) in [7, 11) is 0. The zero-order chi connectivity index (χ0) is 12.5. The van der Waals surface area contributed by atoms with Gasteiger partial charge in [0.25, 0.3) is 0 Å². The SMILES string of the molecule is CC(OC1CNC1)c1cccc(C(F)(F)F)c1. The van der Waals surface area contributed by atoms with Crippen LogP contribution in [0.15, 0.2) is 24.3 Å². The highest BCUT2D eigenvalue weighted by molar-refractivity contribution is 5.27. The van der Waals surface area contributed by atoms with E-state index < -0.39 is 11.7 Å². The molecule has 0 radical (unpaired) electrons. The Morgan fingerprint density at radius 3 is 2.59 bits per heavy atom. The standard InChI is InChI=1S/C12H14F3NO/c1-8(17-11-6-16-7-11)9-3-2-4-10(5-9)12(13,14)15/h2-5,8,11,16H,6-7H2,1H3. The third-order valence-electron chi connectivity index (χ3n) is 2.82. The van der Waals surface area contributed by atoms with Gasteiger partial charge in [0.2, 0.25) is 0 Å². The quantitative estimate of drug-likeness (QED) is 0.884. The molecule has 5 heteroatoms. The molecule has 1 saturated heterocycles. The van der Waals surface area contributed by atoms with E-state index in [1.807, 2.05) is 0 Å². The Morgan fingerprint density at radius 2 is 2.06 bits per heavy atom. The van der Waals surface area contributed by atoms with Gasteiger partial charge in [0.05, 0.1) is 17.8 Å². The Morgan fingerprint density at radius 1 is 1.35 bits per heavy atom. The highest BCUT2D eigenvalue weighted by atomic mass is 19.4. The first-order chi connectivity index (χ1) is 7.97. The van der Waals surface area contributed by atoms with Gasteiger partial charge in [-0.3, -0.25) is 0 Å². The zero-order valence-electron chi connectivity index (χ0n) is 9.42. The lowest BCUT2D eigenvalue weighted by Gasteiger charge is -2.30. The lowest BCUT2D eigenvalue weighted by Crippen LogP contribution is -2.48. The maximum Gasteiger partial charge on any atom is 0.416 e. The molecule has 0 amide bonds. The van der Waals surface area contributed by atoms with Crippen molar-refractivity contribution in [2.24, 2.45) is 0 Å². The number of hydrogen-bond acceptors (Lipinski definition) is 2. The number of alkyl halides is 3. The number of rotatable bonds is 3. The topological polar surface area (TPSA) is 21.3 Å². The summed E-state index contributed by atoms with van der Waals surface area (Å²) >= 11 is 0. The molecule has 0 spiro atoms. The molecule has 0 bridgehead atoms. The van der Waals surface area contributed by atoms with E-state index in [4.69, 9.17) is 4.74 Å². The molecule has 1 heterocycles. The van der Waals surface area contributed by atoms with E-state index in [0.717, 1.165) is 25.2 Å². The average Bonchev–Trinajstić information content (AvgIpc) is 2.22. The van der Waals surface area contributed by atoms with Gasteiger partial charge in [-0.15, -0.1) is 0 Å². The maximum atomic E-state index is 12.5. The van der Waals surface area contributed by atoms with Crippen LogP contribution >= 0.6 is 0 Å². The molecular formula is C12H14F3NO. The van der Waals surface area contributed by atoms with Crippen molar-refractivity contribution in [2.75, 3.05) is 13.1 Å². The maximum absolute atomic E-state index is 12.5. The number of hydrogen-bond donors (Lipinski definition) is 1. The molecule has 17 heavy (non-hydrogen) atoms. The molecule has 1 aromatic rings. The summed E-state index contributed by atoms with van der Waals surface area (Å²) in [6.07, 6.45) is -4.50. The molecule has 1 fully saturated rings. The summed E-state index contributed by atoms with van der Waals surface area (Å²) in [5.74, 6) is 0. The summed E-state index contributed by atoms with van der Waals surface area (Å²) in [5.41, 5.74) is -0.0658. The highest BCUT2D eigenvalue weighted by Crippen LogP contribution is 2.31. The smallest absolute Gasteiger partial charge is 0.368 e. The van der Waals surface area contributed by atoms with Crippen LogP contribution in [0.25, 0.3) is 0 Å². The lowest BCUT2D eigenvalue weighted by atomic mass is 10.1. The van der Waals surface area contributed by atoms with Gasteiger partial charge in [-0.1, -0.05) is 12.1 Å². The van der Waals surface area contributed by atoms with Crippen LogP contribution in [0.4, 0.5) is 13.2 Å². The van der Waals surface area contributed by atoms with Crippen LogP contribution in [0.3, 0.4) is 0 Å². The number of benzene rings is 1. The molecule has 0 saturated carbocycles. The second-order valence-electron chi connectivity index (χ2n) is 4.18. The van der Waals surface area contributed by atoms with Gasteiger partial charge in [-0.2, -0.15) is 13.2 Å². The van der Waals surface area contributed by atoms with Crippen molar-refractivity contribution in [1.82, 2.24) is 5.32 Å². The third-order valence-corrected chi connectivity index (χ3v) is 2.82. The molecule has 2 nitrogen and oxygen atoms in total. The highest BCUT2D eigenvalue weighted by Gasteiger charge is 2.31. The Kier molecular flexibility index (Phi) is 3.40. The molecule has 0 aromatic heterocycles. The molecule has 1 aliphatic heterocycles. The minimum Gasteiger partial charge on any atom is -0.368 e. The van der Waals surface area contributed by atoms with Gasteiger partial charge < -0.3 is 10.1 Å². The molecule has 1 N–H and O–H groups in total. The third kappa shape index (κ3) is 2.98.